The van der Waals surface area contributed by atoms with Gasteiger partial charge in [0, 0.05) is 31.2 Å². The Bertz CT molecular complexity index is 1990. The maximum absolute atomic E-state index is 14.4. The van der Waals surface area contributed by atoms with Crippen molar-refractivity contribution in [3.63, 3.8) is 0 Å². The van der Waals surface area contributed by atoms with Crippen LogP contribution in [0.15, 0.2) is 65.6 Å². The summed E-state index contributed by atoms with van der Waals surface area (Å²) in [6.45, 7) is 0.308. The molecule has 20 heteroatoms. The van der Waals surface area contributed by atoms with Gasteiger partial charge in [-0.2, -0.15) is 10.2 Å². The number of aromatic nitrogens is 2. The fourth-order valence-electron chi connectivity index (χ4n) is 5.41. The van der Waals surface area contributed by atoms with Gasteiger partial charge >= 0.3 is 19.5 Å². The zero-order chi connectivity index (χ0) is 39.6. The molecule has 2 saturated heterocycles. The summed E-state index contributed by atoms with van der Waals surface area (Å²) in [7, 11) is -3.54. The fourth-order valence-corrected chi connectivity index (χ4v) is 7.07. The summed E-state index contributed by atoms with van der Waals surface area (Å²) in [5, 5.41) is 24.2. The number of phosphoric acid groups is 1. The van der Waals surface area contributed by atoms with Crippen LogP contribution in [-0.4, -0.2) is 83.5 Å². The van der Waals surface area contributed by atoms with Crippen LogP contribution in [0.3, 0.4) is 0 Å². The molecule has 3 heterocycles. The van der Waals surface area contributed by atoms with Gasteiger partial charge in [0.05, 0.1) is 37.7 Å². The van der Waals surface area contributed by atoms with E-state index in [4.69, 9.17) is 54.1 Å². The van der Waals surface area contributed by atoms with Crippen LogP contribution < -0.4 is 20.3 Å². The van der Waals surface area contributed by atoms with E-state index >= 15 is 0 Å². The number of amides is 1. The van der Waals surface area contributed by atoms with Crippen molar-refractivity contribution >= 4 is 42.9 Å². The van der Waals surface area contributed by atoms with Crippen molar-refractivity contribution in [2.75, 3.05) is 32.2 Å². The molecule has 5 rings (SSSR count). The van der Waals surface area contributed by atoms with Crippen LogP contribution in [-0.2, 0) is 42.1 Å². The number of hydrogen-bond donors (Lipinski definition) is 2. The molecule has 55 heavy (non-hydrogen) atoms. The summed E-state index contributed by atoms with van der Waals surface area (Å²) in [5.41, 5.74) is -0.750. The number of hydrogen-bond acceptors (Lipinski definition) is 16. The predicted octanol–water partition coefficient (Wildman–Crippen LogP) is 4.31. The van der Waals surface area contributed by atoms with Crippen molar-refractivity contribution < 1.29 is 61.3 Å². The molecule has 3 aromatic rings. The molecular formula is C35H38ClN4O14P. The van der Waals surface area contributed by atoms with E-state index in [0.717, 1.165) is 4.57 Å². The molecule has 0 aliphatic carbocycles. The third-order valence-corrected chi connectivity index (χ3v) is 9.91. The highest BCUT2D eigenvalue weighted by Gasteiger charge is 2.64. The van der Waals surface area contributed by atoms with Crippen LogP contribution in [0.5, 0.6) is 11.5 Å². The Morgan fingerprint density at radius 2 is 1.93 bits per heavy atom. The summed E-state index contributed by atoms with van der Waals surface area (Å²) >= 11 is 6.27. The number of esters is 1. The Labute approximate surface area is 319 Å². The highest BCUT2D eigenvalue weighted by atomic mass is 35.5. The smallest absolute Gasteiger partial charge is 0.497 e. The van der Waals surface area contributed by atoms with E-state index in [1.165, 1.54) is 56.6 Å². The van der Waals surface area contributed by atoms with Gasteiger partial charge in [-0.25, -0.2) is 13.9 Å². The van der Waals surface area contributed by atoms with E-state index in [2.05, 4.69) is 10.3 Å². The van der Waals surface area contributed by atoms with Gasteiger partial charge < -0.3 is 43.4 Å². The second-order valence-corrected chi connectivity index (χ2v) is 14.1. The lowest BCUT2D eigenvalue weighted by Crippen LogP contribution is -2.54. The first-order valence-corrected chi connectivity index (χ1v) is 18.8. The molecule has 2 N–H and O–H groups in total. The first-order chi connectivity index (χ1) is 26.3. The Morgan fingerprint density at radius 3 is 2.58 bits per heavy atom. The number of nitriles is 1. The van der Waals surface area contributed by atoms with E-state index in [-0.39, 0.29) is 53.8 Å². The van der Waals surface area contributed by atoms with Gasteiger partial charge in [-0.3, -0.25) is 18.7 Å². The number of benzene rings is 2. The number of aliphatic hydroxyl groups is 1. The van der Waals surface area contributed by atoms with Crippen molar-refractivity contribution in [2.24, 2.45) is 0 Å². The highest BCUT2D eigenvalue weighted by Crippen LogP contribution is 2.57. The van der Waals surface area contributed by atoms with Gasteiger partial charge in [-0.05, 0) is 55.8 Å². The average Bonchev–Trinajstić information content (AvgIpc) is 3.77. The monoisotopic (exact) mass is 804 g/mol. The zero-order valence-corrected chi connectivity index (χ0v) is 31.3. The van der Waals surface area contributed by atoms with Crippen molar-refractivity contribution in [3.8, 4) is 17.6 Å². The number of carbonyl (C=O) groups is 3. The molecule has 1 aromatic heterocycles. The Hall–Kier alpha value is -4.70. The number of anilines is 1. The third-order valence-electron chi connectivity index (χ3n) is 8.16. The molecule has 0 saturated carbocycles. The number of rotatable bonds is 18. The highest BCUT2D eigenvalue weighted by molar-refractivity contribution is 7.49. The van der Waals surface area contributed by atoms with Crippen molar-refractivity contribution in [3.05, 3.63) is 81.9 Å². The van der Waals surface area contributed by atoms with Gasteiger partial charge in [0.1, 0.15) is 29.7 Å². The van der Waals surface area contributed by atoms with Crippen molar-refractivity contribution in [1.29, 1.82) is 5.26 Å². The molecule has 1 amide bonds. The standard InChI is InChI=1S/C35H38ClN4O14P/c1-22(41)10-15-29(42)49-21-27-35(45,54-55(46,50-20-6-17-37)53-26-8-4-3-7-25(26)36)31(52-30-9-5-19-48-30)33(51-27)40-18-16-28(39-34(40)44)38-32(43)23-11-13-24(47-2)14-12-23/h3-4,7-8,11-14,16,18,27,30-31,33,45H,5-6,9-10,15,19-21H2,1-2H3,(H,38,39,43,44)/t27-,30?,31+,33-,35+,55?/m1/s1. The Balaban J connectivity index is 1.51. The molecule has 2 unspecified atom stereocenters. The molecular weight excluding hydrogens is 767 g/mol. The largest absolute Gasteiger partial charge is 0.532 e. The zero-order valence-electron chi connectivity index (χ0n) is 29.7. The molecule has 2 fully saturated rings. The molecule has 0 radical (unpaired) electrons. The number of nitrogens with zero attached hydrogens (tertiary/aromatic N) is 3. The Morgan fingerprint density at radius 1 is 1.16 bits per heavy atom. The van der Waals surface area contributed by atoms with Gasteiger partial charge in [0.15, 0.2) is 24.7 Å². The van der Waals surface area contributed by atoms with Crippen LogP contribution >= 0.6 is 19.4 Å². The SMILES string of the molecule is COc1ccc(C(=O)Nc2ccn([C@@H]3O[C@H](COC(=O)CCC(C)=O)[C@](O)(OP(=O)(OCCC#N)Oc4ccccc4Cl)[C@H]3OC3CCCO3)c(=O)n2)cc1. The number of carbonyl (C=O) groups excluding carboxylic acids is 3. The lowest BCUT2D eigenvalue weighted by molar-refractivity contribution is -0.267. The summed E-state index contributed by atoms with van der Waals surface area (Å²) in [6.07, 6.45) is -4.84. The quantitative estimate of drug-likeness (QED) is 0.0789. The first-order valence-electron chi connectivity index (χ1n) is 16.9. The van der Waals surface area contributed by atoms with Gasteiger partial charge in [0.25, 0.3) is 5.91 Å². The average molecular weight is 805 g/mol. The molecule has 0 bridgehead atoms. The predicted molar refractivity (Wildman–Crippen MR) is 190 cm³/mol. The molecule has 0 spiro atoms. The van der Waals surface area contributed by atoms with E-state index in [0.29, 0.717) is 18.6 Å². The Kier molecular flexibility index (Phi) is 14.1. The molecule has 18 nitrogen and oxygen atoms in total. The second-order valence-electron chi connectivity index (χ2n) is 12.1. The van der Waals surface area contributed by atoms with E-state index in [1.807, 2.05) is 6.07 Å². The number of nitrogens with one attached hydrogen (secondary N) is 1. The topological polar surface area (TPSA) is 233 Å². The number of phosphoric ester groups is 1. The number of methoxy groups -OCH3 is 1. The lowest BCUT2D eigenvalue weighted by Gasteiger charge is -2.35. The molecule has 2 aromatic carbocycles. The fraction of sp³-hybridized carbons (Fsp3) is 0.429. The van der Waals surface area contributed by atoms with E-state index in [1.54, 1.807) is 18.2 Å². The second kappa shape index (κ2) is 18.8. The van der Waals surface area contributed by atoms with Crippen LogP contribution in [0.2, 0.25) is 5.02 Å². The maximum atomic E-state index is 14.4. The first kappa shape index (κ1) is 41.5. The van der Waals surface area contributed by atoms with Crippen LogP contribution in [0.4, 0.5) is 5.82 Å². The van der Waals surface area contributed by atoms with Crippen LogP contribution in [0.25, 0.3) is 0 Å². The summed E-state index contributed by atoms with van der Waals surface area (Å²) < 4.78 is 60.6. The maximum Gasteiger partial charge on any atom is 0.532 e. The van der Waals surface area contributed by atoms with E-state index in [9.17, 15) is 28.8 Å². The number of para-hydroxylation sites is 1. The molecule has 2 aliphatic heterocycles. The molecule has 6 atom stereocenters. The molecule has 294 valence electrons. The lowest BCUT2D eigenvalue weighted by atomic mass is 10.1. The third kappa shape index (κ3) is 10.7. The van der Waals surface area contributed by atoms with Gasteiger partial charge in [-0.15, -0.1) is 0 Å². The number of ether oxygens (including phenoxy) is 5. The summed E-state index contributed by atoms with van der Waals surface area (Å²) in [4.78, 5) is 54.6. The minimum Gasteiger partial charge on any atom is -0.497 e. The molecule has 2 aliphatic rings. The number of halogens is 1. The number of Topliss-reactive ketones (excluding diaryl/α,β-unsaturated/α-hetero) is 1. The van der Waals surface area contributed by atoms with Crippen LogP contribution in [0, 0.1) is 11.3 Å². The summed E-state index contributed by atoms with van der Waals surface area (Å²) in [5.74, 6) is -4.42. The van der Waals surface area contributed by atoms with Gasteiger partial charge in [-0.1, -0.05) is 23.7 Å². The summed E-state index contributed by atoms with van der Waals surface area (Å²) in [6, 6.07) is 15.2. The van der Waals surface area contributed by atoms with Crippen LogP contribution in [0.1, 0.15) is 55.6 Å². The van der Waals surface area contributed by atoms with Crippen molar-refractivity contribution in [2.45, 2.75) is 69.5 Å². The van der Waals surface area contributed by atoms with Gasteiger partial charge in [0.2, 0.25) is 5.79 Å². The van der Waals surface area contributed by atoms with Crippen molar-refractivity contribution in [1.82, 2.24) is 9.55 Å². The number of ketones is 1. The minimum absolute atomic E-state index is 0.0114. The minimum atomic E-state index is -5.02. The normalized spacial score (nSPS) is 23.0. The van der Waals surface area contributed by atoms with E-state index < -0.39 is 69.1 Å².